The Hall–Kier alpha value is -2.64. The molecule has 0 amide bonds. The van der Waals surface area contributed by atoms with E-state index in [1.165, 1.54) is 12.1 Å². The highest BCUT2D eigenvalue weighted by atomic mass is 19.3. The van der Waals surface area contributed by atoms with Crippen molar-refractivity contribution in [3.63, 3.8) is 0 Å². The maximum atomic E-state index is 14.8. The maximum absolute atomic E-state index is 14.8. The molecule has 3 rings (SSSR count). The second-order valence-electron chi connectivity index (χ2n) is 5.40. The molecule has 0 fully saturated rings. The van der Waals surface area contributed by atoms with E-state index in [2.05, 4.69) is 21.5 Å². The highest BCUT2D eigenvalue weighted by Crippen LogP contribution is 2.49. The largest absolute Gasteiger partial charge is 0.505 e. The number of aromatic hydroxyl groups is 1. The number of halogens is 3. The molecule has 0 saturated heterocycles. The van der Waals surface area contributed by atoms with Crippen LogP contribution in [-0.2, 0) is 12.3 Å². The Kier molecular flexibility index (Phi) is 4.13. The monoisotopic (exact) mass is 337 g/mol. The summed E-state index contributed by atoms with van der Waals surface area (Å²) in [5.74, 6) is -6.59. The highest BCUT2D eigenvalue weighted by molar-refractivity contribution is 5.38. The van der Waals surface area contributed by atoms with Gasteiger partial charge in [0.2, 0.25) is 11.8 Å². The average Bonchev–Trinajstić information content (AvgIpc) is 2.53. The minimum absolute atomic E-state index is 0.0368. The summed E-state index contributed by atoms with van der Waals surface area (Å²) in [5, 5.41) is 9.19. The molecule has 1 N–H and O–H groups in total. The predicted octanol–water partition coefficient (Wildman–Crippen LogP) is 3.10. The second kappa shape index (κ2) is 6.10. The number of hydrogen-bond acceptors (Lipinski definition) is 5. The van der Waals surface area contributed by atoms with Gasteiger partial charge in [-0.15, -0.1) is 0 Å². The molecule has 0 saturated carbocycles. The third-order valence-electron chi connectivity index (χ3n) is 3.83. The number of rotatable bonds is 4. The molecule has 8 heteroatoms. The predicted molar refractivity (Wildman–Crippen MR) is 78.5 cm³/mol. The van der Waals surface area contributed by atoms with E-state index in [0.717, 1.165) is 12.4 Å². The normalized spacial score (nSPS) is 18.7. The second-order valence-corrected chi connectivity index (χ2v) is 5.40. The van der Waals surface area contributed by atoms with Crippen LogP contribution >= 0.6 is 0 Å². The van der Waals surface area contributed by atoms with E-state index in [0.29, 0.717) is 0 Å². The minimum atomic E-state index is -3.52. The number of hydrogen-bond donors (Lipinski definition) is 1. The molecule has 0 aromatic carbocycles. The van der Waals surface area contributed by atoms with Gasteiger partial charge in [0.25, 0.3) is 5.92 Å². The molecule has 1 atom stereocenters. The quantitative estimate of drug-likeness (QED) is 0.686. The average molecular weight is 337 g/mol. The summed E-state index contributed by atoms with van der Waals surface area (Å²) >= 11 is 0. The number of pyridine rings is 1. The number of alkyl halides is 2. The van der Waals surface area contributed by atoms with Gasteiger partial charge < -0.3 is 9.84 Å². The third kappa shape index (κ3) is 2.79. The Balaban J connectivity index is 2.00. The lowest BCUT2D eigenvalue weighted by Gasteiger charge is -2.32. The van der Waals surface area contributed by atoms with E-state index >= 15 is 0 Å². The van der Waals surface area contributed by atoms with Crippen molar-refractivity contribution in [3.05, 3.63) is 54.0 Å². The molecular weight excluding hydrogens is 323 g/mol. The van der Waals surface area contributed by atoms with Crippen LogP contribution in [0.25, 0.3) is 0 Å². The topological polar surface area (TPSA) is 68.1 Å². The fourth-order valence-electron chi connectivity index (χ4n) is 2.76. The standard InChI is InChI=1S/C16H14F3N3O2/c1-2-5-24-12-6-9-3-4-11(15-20-7-10(23)8-21-15)16(18,19)13(9)14(17)22-12/h2,6-8,11,23H,1,3-5H2. The Morgan fingerprint density at radius 2 is 2.08 bits per heavy atom. The van der Waals surface area contributed by atoms with Crippen molar-refractivity contribution in [3.8, 4) is 11.6 Å². The van der Waals surface area contributed by atoms with Crippen molar-refractivity contribution in [2.24, 2.45) is 0 Å². The summed E-state index contributed by atoms with van der Waals surface area (Å²) in [5.41, 5.74) is -0.594. The van der Waals surface area contributed by atoms with Crippen LogP contribution < -0.4 is 4.74 Å². The molecule has 2 heterocycles. The van der Waals surface area contributed by atoms with Crippen LogP contribution in [0.15, 0.2) is 31.1 Å². The van der Waals surface area contributed by atoms with Crippen molar-refractivity contribution in [2.75, 3.05) is 6.61 Å². The summed E-state index contributed by atoms with van der Waals surface area (Å²) in [7, 11) is 0. The van der Waals surface area contributed by atoms with Crippen LogP contribution in [0.3, 0.4) is 0 Å². The van der Waals surface area contributed by atoms with E-state index in [1.807, 2.05) is 0 Å². The van der Waals surface area contributed by atoms with E-state index in [4.69, 9.17) is 4.74 Å². The van der Waals surface area contributed by atoms with Crippen molar-refractivity contribution in [1.29, 1.82) is 0 Å². The van der Waals surface area contributed by atoms with Crippen molar-refractivity contribution in [2.45, 2.75) is 24.7 Å². The molecule has 0 bridgehead atoms. The van der Waals surface area contributed by atoms with E-state index in [9.17, 15) is 18.3 Å². The lowest BCUT2D eigenvalue weighted by Crippen LogP contribution is -2.33. The number of aromatic nitrogens is 3. The molecule has 0 spiro atoms. The van der Waals surface area contributed by atoms with Gasteiger partial charge >= 0.3 is 0 Å². The third-order valence-corrected chi connectivity index (χ3v) is 3.83. The van der Waals surface area contributed by atoms with Gasteiger partial charge in [0.15, 0.2) is 5.75 Å². The van der Waals surface area contributed by atoms with Crippen LogP contribution in [0.2, 0.25) is 0 Å². The van der Waals surface area contributed by atoms with Gasteiger partial charge in [-0.2, -0.15) is 9.37 Å². The minimum Gasteiger partial charge on any atom is -0.505 e. The van der Waals surface area contributed by atoms with Gasteiger partial charge in [-0.25, -0.2) is 18.7 Å². The Bertz CT molecular complexity index is 766. The molecule has 5 nitrogen and oxygen atoms in total. The molecule has 2 aromatic rings. The molecule has 0 aliphatic heterocycles. The molecule has 1 unspecified atom stereocenters. The number of ether oxygens (including phenoxy) is 1. The smallest absolute Gasteiger partial charge is 0.287 e. The van der Waals surface area contributed by atoms with Gasteiger partial charge in [-0.1, -0.05) is 12.7 Å². The Labute approximate surface area is 135 Å². The van der Waals surface area contributed by atoms with Gasteiger partial charge in [-0.3, -0.25) is 0 Å². The first-order chi connectivity index (χ1) is 11.4. The number of aryl methyl sites for hydroxylation is 1. The molecule has 1 aliphatic carbocycles. The molecule has 1 aliphatic rings. The first kappa shape index (κ1) is 16.2. The van der Waals surface area contributed by atoms with Gasteiger partial charge in [0.05, 0.1) is 23.9 Å². The lowest BCUT2D eigenvalue weighted by atomic mass is 9.80. The van der Waals surface area contributed by atoms with E-state index in [-0.39, 0.29) is 42.5 Å². The van der Waals surface area contributed by atoms with Crippen LogP contribution in [0.4, 0.5) is 13.2 Å². The number of nitrogens with zero attached hydrogens (tertiary/aromatic N) is 3. The first-order valence-corrected chi connectivity index (χ1v) is 7.25. The fraction of sp³-hybridized carbons (Fsp3) is 0.312. The molecule has 0 radical (unpaired) electrons. The first-order valence-electron chi connectivity index (χ1n) is 7.25. The van der Waals surface area contributed by atoms with Crippen LogP contribution in [-0.4, -0.2) is 26.7 Å². The summed E-state index contributed by atoms with van der Waals surface area (Å²) < 4.78 is 49.0. The molecule has 126 valence electrons. The van der Waals surface area contributed by atoms with Gasteiger partial charge in [0.1, 0.15) is 12.4 Å². The summed E-state index contributed by atoms with van der Waals surface area (Å²) in [4.78, 5) is 10.9. The zero-order valence-corrected chi connectivity index (χ0v) is 12.5. The molecule has 24 heavy (non-hydrogen) atoms. The summed E-state index contributed by atoms with van der Waals surface area (Å²) in [6, 6.07) is 1.32. The Morgan fingerprint density at radius 3 is 2.75 bits per heavy atom. The highest BCUT2D eigenvalue weighted by Gasteiger charge is 2.50. The van der Waals surface area contributed by atoms with Crippen molar-refractivity contribution in [1.82, 2.24) is 15.0 Å². The zero-order valence-electron chi connectivity index (χ0n) is 12.5. The van der Waals surface area contributed by atoms with E-state index in [1.54, 1.807) is 0 Å². The SMILES string of the molecule is C=CCOc1cc2c(c(F)n1)C(F)(F)C(c1ncc(O)cn1)CC2. The van der Waals surface area contributed by atoms with Gasteiger partial charge in [0, 0.05) is 6.07 Å². The fourth-order valence-corrected chi connectivity index (χ4v) is 2.76. The summed E-state index contributed by atoms with van der Waals surface area (Å²) in [6.45, 7) is 3.56. The van der Waals surface area contributed by atoms with Gasteiger partial charge in [-0.05, 0) is 18.4 Å². The van der Waals surface area contributed by atoms with Crippen molar-refractivity contribution >= 4 is 0 Å². The van der Waals surface area contributed by atoms with Crippen LogP contribution in [0.5, 0.6) is 11.6 Å². The van der Waals surface area contributed by atoms with Crippen LogP contribution in [0, 0.1) is 5.95 Å². The number of fused-ring (bicyclic) bond motifs is 1. The van der Waals surface area contributed by atoms with Crippen molar-refractivity contribution < 1.29 is 23.0 Å². The molecule has 2 aromatic heterocycles. The van der Waals surface area contributed by atoms with Crippen LogP contribution in [0.1, 0.15) is 29.3 Å². The van der Waals surface area contributed by atoms with E-state index < -0.39 is 23.4 Å². The lowest BCUT2D eigenvalue weighted by molar-refractivity contribution is -0.0501. The Morgan fingerprint density at radius 1 is 1.38 bits per heavy atom. The summed E-state index contributed by atoms with van der Waals surface area (Å²) in [6.07, 6.45) is 3.77. The maximum Gasteiger partial charge on any atom is 0.287 e. The molecular formula is C16H14F3N3O2. The zero-order chi connectivity index (χ0) is 17.3.